The van der Waals surface area contributed by atoms with Gasteiger partial charge in [0.2, 0.25) is 0 Å². The van der Waals surface area contributed by atoms with Crippen LogP contribution in [0.1, 0.15) is 29.2 Å². The lowest BCUT2D eigenvalue weighted by Gasteiger charge is -2.07. The summed E-state index contributed by atoms with van der Waals surface area (Å²) in [6, 6.07) is 9.44. The van der Waals surface area contributed by atoms with Crippen molar-refractivity contribution in [1.29, 1.82) is 0 Å². The van der Waals surface area contributed by atoms with Gasteiger partial charge in [0.1, 0.15) is 5.69 Å². The van der Waals surface area contributed by atoms with Crippen LogP contribution >= 0.6 is 0 Å². The van der Waals surface area contributed by atoms with Crippen LogP contribution in [0.25, 0.3) is 21.8 Å². The maximum atomic E-state index is 11.7. The predicted molar refractivity (Wildman–Crippen MR) is 75.6 cm³/mol. The molecule has 0 radical (unpaired) electrons. The number of benzene rings is 1. The molecule has 0 aliphatic rings. The number of hydrogen-bond acceptors (Lipinski definition) is 4. The average Bonchev–Trinajstić information content (AvgIpc) is 2.83. The molecule has 2 N–H and O–H groups in total. The lowest BCUT2D eigenvalue weighted by Crippen LogP contribution is -2.08. The van der Waals surface area contributed by atoms with Crippen molar-refractivity contribution in [2.75, 3.05) is 7.11 Å². The second kappa shape index (κ2) is 4.61. The summed E-state index contributed by atoms with van der Waals surface area (Å²) in [5.74, 6) is -0.515. The smallest absolute Gasteiger partial charge is 0.356 e. The van der Waals surface area contributed by atoms with Crippen LogP contribution in [0.15, 0.2) is 30.3 Å². The zero-order valence-corrected chi connectivity index (χ0v) is 11.2. The summed E-state index contributed by atoms with van der Waals surface area (Å²) in [6.07, 6.45) is -0.782. The number of carbonyl (C=O) groups excluding carboxylic acids is 1. The fourth-order valence-electron chi connectivity index (χ4n) is 2.38. The first kappa shape index (κ1) is 12.6. The van der Waals surface area contributed by atoms with Crippen molar-refractivity contribution < 1.29 is 14.6 Å². The number of aromatic nitrogens is 2. The molecule has 2 aromatic heterocycles. The standard InChI is InChI=1S/C15H14N2O3/c1-8(18)13-14-10(7-12(17-13)15(19)20-2)9-5-3-4-6-11(9)16-14/h3-8,16,18H,1-2H3/t8-/m1/s1. The third kappa shape index (κ3) is 1.83. The van der Waals surface area contributed by atoms with E-state index in [1.54, 1.807) is 13.0 Å². The number of methoxy groups -OCH3 is 1. The molecule has 3 aromatic rings. The van der Waals surface area contributed by atoms with Crippen molar-refractivity contribution in [2.45, 2.75) is 13.0 Å². The van der Waals surface area contributed by atoms with E-state index in [2.05, 4.69) is 9.97 Å². The van der Waals surface area contributed by atoms with E-state index in [1.807, 2.05) is 24.3 Å². The van der Waals surface area contributed by atoms with E-state index in [-0.39, 0.29) is 5.69 Å². The summed E-state index contributed by atoms with van der Waals surface area (Å²) in [6.45, 7) is 1.62. The molecular weight excluding hydrogens is 256 g/mol. The van der Waals surface area contributed by atoms with E-state index in [9.17, 15) is 9.90 Å². The molecule has 0 aliphatic carbocycles. The molecule has 0 saturated heterocycles. The Morgan fingerprint density at radius 3 is 2.80 bits per heavy atom. The normalized spacial score (nSPS) is 12.8. The minimum absolute atomic E-state index is 0.195. The number of nitrogens with one attached hydrogen (secondary N) is 1. The van der Waals surface area contributed by atoms with Crippen LogP contribution in [0.4, 0.5) is 0 Å². The van der Waals surface area contributed by atoms with Crippen LogP contribution in [-0.2, 0) is 4.74 Å². The van der Waals surface area contributed by atoms with Gasteiger partial charge in [0, 0.05) is 16.3 Å². The summed E-state index contributed by atoms with van der Waals surface area (Å²) in [7, 11) is 1.31. The third-order valence-corrected chi connectivity index (χ3v) is 3.31. The monoisotopic (exact) mass is 270 g/mol. The SMILES string of the molecule is COC(=O)c1cc2c([nH]c3ccccc32)c([C@@H](C)O)n1. The van der Waals surface area contributed by atoms with Gasteiger partial charge in [0.15, 0.2) is 0 Å². The number of H-pyrrole nitrogens is 1. The molecule has 0 bridgehead atoms. The molecule has 3 rings (SSSR count). The van der Waals surface area contributed by atoms with Gasteiger partial charge in [-0.1, -0.05) is 18.2 Å². The minimum Gasteiger partial charge on any atom is -0.464 e. The molecule has 0 unspecified atom stereocenters. The topological polar surface area (TPSA) is 75.2 Å². The highest BCUT2D eigenvalue weighted by molar-refractivity contribution is 6.09. The molecule has 0 aliphatic heterocycles. The van der Waals surface area contributed by atoms with Crippen LogP contribution in [0, 0.1) is 0 Å². The van der Waals surface area contributed by atoms with Gasteiger partial charge >= 0.3 is 5.97 Å². The minimum atomic E-state index is -0.782. The Labute approximate surface area is 115 Å². The number of hydrogen-bond donors (Lipinski definition) is 2. The Morgan fingerprint density at radius 2 is 2.10 bits per heavy atom. The number of aromatic amines is 1. The Hall–Kier alpha value is -2.40. The van der Waals surface area contributed by atoms with Crippen molar-refractivity contribution in [1.82, 2.24) is 9.97 Å². The van der Waals surface area contributed by atoms with E-state index >= 15 is 0 Å². The van der Waals surface area contributed by atoms with Gasteiger partial charge < -0.3 is 14.8 Å². The largest absolute Gasteiger partial charge is 0.464 e. The van der Waals surface area contributed by atoms with Crippen molar-refractivity contribution in [2.24, 2.45) is 0 Å². The van der Waals surface area contributed by atoms with Crippen LogP contribution in [0.3, 0.4) is 0 Å². The van der Waals surface area contributed by atoms with Gasteiger partial charge in [0.25, 0.3) is 0 Å². The highest BCUT2D eigenvalue weighted by atomic mass is 16.5. The summed E-state index contributed by atoms with van der Waals surface area (Å²) >= 11 is 0. The molecule has 0 spiro atoms. The Kier molecular flexibility index (Phi) is 2.91. The number of aliphatic hydroxyl groups is 1. The molecule has 5 heteroatoms. The first-order chi connectivity index (χ1) is 9.61. The molecule has 2 heterocycles. The average molecular weight is 270 g/mol. The van der Waals surface area contributed by atoms with Gasteiger partial charge in [-0.25, -0.2) is 9.78 Å². The van der Waals surface area contributed by atoms with Crippen molar-refractivity contribution in [3.8, 4) is 0 Å². The Balaban J connectivity index is 2.42. The summed E-state index contributed by atoms with van der Waals surface area (Å²) in [5, 5.41) is 11.7. The summed E-state index contributed by atoms with van der Waals surface area (Å²) in [4.78, 5) is 19.2. The molecule has 0 saturated carbocycles. The fraction of sp³-hybridized carbons (Fsp3) is 0.200. The van der Waals surface area contributed by atoms with E-state index in [0.717, 1.165) is 21.8 Å². The predicted octanol–water partition coefficient (Wildman–Crippen LogP) is 2.56. The molecule has 5 nitrogen and oxygen atoms in total. The number of pyridine rings is 1. The number of ether oxygens (including phenoxy) is 1. The molecule has 0 amide bonds. The van der Waals surface area contributed by atoms with Gasteiger partial charge in [0.05, 0.1) is 24.4 Å². The summed E-state index contributed by atoms with van der Waals surface area (Å²) in [5.41, 5.74) is 2.32. The van der Waals surface area contributed by atoms with Crippen molar-refractivity contribution >= 4 is 27.8 Å². The highest BCUT2D eigenvalue weighted by Crippen LogP contribution is 2.30. The van der Waals surface area contributed by atoms with E-state index in [4.69, 9.17) is 4.74 Å². The Morgan fingerprint density at radius 1 is 1.35 bits per heavy atom. The van der Waals surface area contributed by atoms with Crippen molar-refractivity contribution in [3.05, 3.63) is 41.7 Å². The number of fused-ring (bicyclic) bond motifs is 3. The van der Waals surface area contributed by atoms with E-state index < -0.39 is 12.1 Å². The van der Waals surface area contributed by atoms with Crippen LogP contribution in [0.5, 0.6) is 0 Å². The number of carbonyl (C=O) groups is 1. The number of para-hydroxylation sites is 1. The second-order valence-electron chi connectivity index (χ2n) is 4.65. The lowest BCUT2D eigenvalue weighted by atomic mass is 10.1. The highest BCUT2D eigenvalue weighted by Gasteiger charge is 2.18. The Bertz CT molecular complexity index is 805. The van der Waals surface area contributed by atoms with Crippen LogP contribution < -0.4 is 0 Å². The van der Waals surface area contributed by atoms with Crippen molar-refractivity contribution in [3.63, 3.8) is 0 Å². The maximum absolute atomic E-state index is 11.7. The molecule has 1 atom stereocenters. The third-order valence-electron chi connectivity index (χ3n) is 3.31. The fourth-order valence-corrected chi connectivity index (χ4v) is 2.38. The van der Waals surface area contributed by atoms with Gasteiger partial charge in [-0.05, 0) is 19.1 Å². The zero-order chi connectivity index (χ0) is 14.3. The van der Waals surface area contributed by atoms with Gasteiger partial charge in [-0.3, -0.25) is 0 Å². The number of esters is 1. The maximum Gasteiger partial charge on any atom is 0.356 e. The lowest BCUT2D eigenvalue weighted by molar-refractivity contribution is 0.0593. The summed E-state index contributed by atoms with van der Waals surface area (Å²) < 4.78 is 4.72. The van der Waals surface area contributed by atoms with E-state index in [1.165, 1.54) is 7.11 Å². The first-order valence-corrected chi connectivity index (χ1v) is 6.29. The molecule has 1 aromatic carbocycles. The second-order valence-corrected chi connectivity index (χ2v) is 4.65. The number of rotatable bonds is 2. The number of nitrogens with zero attached hydrogens (tertiary/aromatic N) is 1. The van der Waals surface area contributed by atoms with Crippen LogP contribution in [-0.4, -0.2) is 28.2 Å². The number of aliphatic hydroxyl groups excluding tert-OH is 1. The zero-order valence-electron chi connectivity index (χ0n) is 11.2. The molecule has 102 valence electrons. The molecular formula is C15H14N2O3. The van der Waals surface area contributed by atoms with E-state index in [0.29, 0.717) is 5.69 Å². The quantitative estimate of drug-likeness (QED) is 0.702. The van der Waals surface area contributed by atoms with Gasteiger partial charge in [-0.15, -0.1) is 0 Å². The van der Waals surface area contributed by atoms with Gasteiger partial charge in [-0.2, -0.15) is 0 Å². The molecule has 0 fully saturated rings. The first-order valence-electron chi connectivity index (χ1n) is 6.29. The molecule has 20 heavy (non-hydrogen) atoms. The van der Waals surface area contributed by atoms with Crippen LogP contribution in [0.2, 0.25) is 0 Å².